The summed E-state index contributed by atoms with van der Waals surface area (Å²) in [6, 6.07) is 20.4. The molecule has 1 aliphatic carbocycles. The molecule has 0 saturated heterocycles. The number of rotatable bonds is 5. The maximum absolute atomic E-state index is 12.7. The lowest BCUT2D eigenvalue weighted by Gasteiger charge is -2.46. The highest BCUT2D eigenvalue weighted by Gasteiger charge is 2.44. The second-order valence-corrected chi connectivity index (χ2v) is 8.14. The van der Waals surface area contributed by atoms with Gasteiger partial charge in [0.1, 0.15) is 0 Å². The summed E-state index contributed by atoms with van der Waals surface area (Å²) < 4.78 is 0. The van der Waals surface area contributed by atoms with Gasteiger partial charge in [-0.05, 0) is 37.5 Å². The normalized spacial score (nSPS) is 21.2. The Morgan fingerprint density at radius 1 is 1.04 bits per heavy atom. The SMILES string of the molecule is CC1=NN(C2(CNC(=O)c3ccccc3)CCCCC2)[C@@H](c2ccccc2)C1. The number of nitrogens with one attached hydrogen (secondary N) is 1. The second-order valence-electron chi connectivity index (χ2n) is 8.14. The number of carbonyl (C=O) groups excluding carboxylic acids is 1. The maximum Gasteiger partial charge on any atom is 0.251 e. The van der Waals surface area contributed by atoms with Crippen molar-refractivity contribution in [1.29, 1.82) is 0 Å². The Balaban J connectivity index is 1.58. The second kappa shape index (κ2) is 8.17. The van der Waals surface area contributed by atoms with Gasteiger partial charge in [-0.25, -0.2) is 0 Å². The van der Waals surface area contributed by atoms with Crippen LogP contribution in [-0.4, -0.2) is 28.7 Å². The van der Waals surface area contributed by atoms with Gasteiger partial charge in [0.05, 0.1) is 11.6 Å². The first kappa shape index (κ1) is 18.7. The van der Waals surface area contributed by atoms with E-state index < -0.39 is 0 Å². The van der Waals surface area contributed by atoms with Crippen LogP contribution in [0.15, 0.2) is 65.8 Å². The lowest BCUT2D eigenvalue weighted by Crippen LogP contribution is -2.54. The first-order chi connectivity index (χ1) is 13.7. The van der Waals surface area contributed by atoms with Gasteiger partial charge in [0.2, 0.25) is 0 Å². The van der Waals surface area contributed by atoms with Crippen molar-refractivity contribution >= 4 is 11.6 Å². The fourth-order valence-corrected chi connectivity index (χ4v) is 4.66. The molecule has 146 valence electrons. The number of hydrogen-bond donors (Lipinski definition) is 1. The van der Waals surface area contributed by atoms with Crippen molar-refractivity contribution in [3.63, 3.8) is 0 Å². The van der Waals surface area contributed by atoms with E-state index in [1.807, 2.05) is 30.3 Å². The first-order valence-electron chi connectivity index (χ1n) is 10.4. The molecule has 0 aromatic heterocycles. The summed E-state index contributed by atoms with van der Waals surface area (Å²) in [5.41, 5.74) is 3.09. The fraction of sp³-hybridized carbons (Fsp3) is 0.417. The molecule has 0 bridgehead atoms. The van der Waals surface area contributed by atoms with E-state index in [0.29, 0.717) is 12.1 Å². The van der Waals surface area contributed by atoms with Gasteiger partial charge in [0.15, 0.2) is 0 Å². The molecule has 1 atom stereocenters. The zero-order valence-corrected chi connectivity index (χ0v) is 16.6. The number of benzene rings is 2. The minimum absolute atomic E-state index is 0.00158. The molecule has 0 spiro atoms. The fourth-order valence-electron chi connectivity index (χ4n) is 4.66. The van der Waals surface area contributed by atoms with Crippen LogP contribution in [0.5, 0.6) is 0 Å². The number of hydrazone groups is 1. The number of hydrogen-bond acceptors (Lipinski definition) is 3. The predicted molar refractivity (Wildman–Crippen MR) is 113 cm³/mol. The smallest absolute Gasteiger partial charge is 0.251 e. The standard InChI is InChI=1S/C24H29N3O/c1-19-17-22(20-11-5-2-6-12-20)27(26-19)24(15-9-4-10-16-24)18-25-23(28)21-13-7-3-8-14-21/h2-3,5-8,11-14,22H,4,9-10,15-18H2,1H3,(H,25,28)/t22-/m1/s1. The first-order valence-corrected chi connectivity index (χ1v) is 10.4. The molecule has 4 nitrogen and oxygen atoms in total. The van der Waals surface area contributed by atoms with Crippen LogP contribution in [0.4, 0.5) is 0 Å². The third kappa shape index (κ3) is 3.82. The molecular formula is C24H29N3O. The van der Waals surface area contributed by atoms with Crippen molar-refractivity contribution in [3.05, 3.63) is 71.8 Å². The van der Waals surface area contributed by atoms with Gasteiger partial charge >= 0.3 is 0 Å². The van der Waals surface area contributed by atoms with E-state index in [1.54, 1.807) is 0 Å². The zero-order chi connectivity index (χ0) is 19.4. The van der Waals surface area contributed by atoms with Crippen LogP contribution in [0.2, 0.25) is 0 Å². The van der Waals surface area contributed by atoms with E-state index in [2.05, 4.69) is 47.6 Å². The number of amides is 1. The van der Waals surface area contributed by atoms with Crippen LogP contribution >= 0.6 is 0 Å². The molecule has 1 fully saturated rings. The van der Waals surface area contributed by atoms with Crippen LogP contribution in [0.1, 0.15) is 67.4 Å². The van der Waals surface area contributed by atoms with Gasteiger partial charge in [0, 0.05) is 24.2 Å². The molecule has 1 heterocycles. The van der Waals surface area contributed by atoms with Crippen molar-refractivity contribution < 1.29 is 4.79 Å². The van der Waals surface area contributed by atoms with Crippen LogP contribution in [0, 0.1) is 0 Å². The van der Waals surface area contributed by atoms with E-state index in [1.165, 1.54) is 30.5 Å². The average Bonchev–Trinajstić information content (AvgIpc) is 3.16. The van der Waals surface area contributed by atoms with Crippen LogP contribution in [-0.2, 0) is 0 Å². The summed E-state index contributed by atoms with van der Waals surface area (Å²) in [5, 5.41) is 10.6. The van der Waals surface area contributed by atoms with Crippen molar-refractivity contribution in [2.24, 2.45) is 5.10 Å². The van der Waals surface area contributed by atoms with Crippen LogP contribution in [0.25, 0.3) is 0 Å². The number of nitrogens with zero attached hydrogens (tertiary/aromatic N) is 2. The lowest BCUT2D eigenvalue weighted by atomic mass is 9.79. The van der Waals surface area contributed by atoms with Gasteiger partial charge in [-0.15, -0.1) is 0 Å². The van der Waals surface area contributed by atoms with E-state index in [0.717, 1.165) is 19.3 Å². The van der Waals surface area contributed by atoms with Gasteiger partial charge in [-0.1, -0.05) is 67.8 Å². The molecule has 2 aromatic rings. The zero-order valence-electron chi connectivity index (χ0n) is 16.6. The van der Waals surface area contributed by atoms with E-state index in [-0.39, 0.29) is 17.5 Å². The topological polar surface area (TPSA) is 44.7 Å². The molecule has 1 amide bonds. The van der Waals surface area contributed by atoms with Gasteiger partial charge in [0.25, 0.3) is 5.91 Å². The summed E-state index contributed by atoms with van der Waals surface area (Å²) in [4.78, 5) is 12.7. The van der Waals surface area contributed by atoms with Gasteiger partial charge in [-0.3, -0.25) is 9.80 Å². The third-order valence-electron chi connectivity index (χ3n) is 6.13. The summed E-state index contributed by atoms with van der Waals surface area (Å²) >= 11 is 0. The molecule has 1 aliphatic heterocycles. The Hall–Kier alpha value is -2.62. The molecular weight excluding hydrogens is 346 g/mol. The van der Waals surface area contributed by atoms with Gasteiger partial charge in [-0.2, -0.15) is 5.10 Å². The van der Waals surface area contributed by atoms with E-state index in [4.69, 9.17) is 5.10 Å². The van der Waals surface area contributed by atoms with Crippen LogP contribution < -0.4 is 5.32 Å². The Morgan fingerprint density at radius 2 is 1.68 bits per heavy atom. The minimum Gasteiger partial charge on any atom is -0.350 e. The molecule has 1 N–H and O–H groups in total. The molecule has 0 radical (unpaired) electrons. The highest BCUT2D eigenvalue weighted by molar-refractivity contribution is 5.94. The monoisotopic (exact) mass is 375 g/mol. The molecule has 4 rings (SSSR count). The van der Waals surface area contributed by atoms with E-state index >= 15 is 0 Å². The van der Waals surface area contributed by atoms with Gasteiger partial charge < -0.3 is 5.32 Å². The highest BCUT2D eigenvalue weighted by Crippen LogP contribution is 2.43. The van der Waals surface area contributed by atoms with Crippen molar-refractivity contribution in [1.82, 2.24) is 10.3 Å². The number of carbonyl (C=O) groups is 1. The largest absolute Gasteiger partial charge is 0.350 e. The summed E-state index contributed by atoms with van der Waals surface area (Å²) in [5.74, 6) is 0.00158. The Kier molecular flexibility index (Phi) is 5.47. The molecule has 28 heavy (non-hydrogen) atoms. The minimum atomic E-state index is -0.110. The summed E-state index contributed by atoms with van der Waals surface area (Å²) in [7, 11) is 0. The Morgan fingerprint density at radius 3 is 2.36 bits per heavy atom. The molecule has 4 heteroatoms. The average molecular weight is 376 g/mol. The molecule has 2 aliphatic rings. The van der Waals surface area contributed by atoms with Crippen molar-refractivity contribution in [2.75, 3.05) is 6.54 Å². The molecule has 0 unspecified atom stereocenters. The van der Waals surface area contributed by atoms with Crippen molar-refractivity contribution in [2.45, 2.75) is 57.0 Å². The highest BCUT2D eigenvalue weighted by atomic mass is 16.1. The lowest BCUT2D eigenvalue weighted by molar-refractivity contribution is 0.0250. The molecule has 2 aromatic carbocycles. The van der Waals surface area contributed by atoms with E-state index in [9.17, 15) is 4.79 Å². The summed E-state index contributed by atoms with van der Waals surface area (Å²) in [6.07, 6.45) is 6.74. The predicted octanol–water partition coefficient (Wildman–Crippen LogP) is 4.94. The van der Waals surface area contributed by atoms with Crippen LogP contribution in [0.3, 0.4) is 0 Å². The molecule has 1 saturated carbocycles. The Labute approximate surface area is 167 Å². The van der Waals surface area contributed by atoms with Crippen molar-refractivity contribution in [3.8, 4) is 0 Å². The maximum atomic E-state index is 12.7. The quantitative estimate of drug-likeness (QED) is 0.804. The Bertz CT molecular complexity index is 825. The third-order valence-corrected chi connectivity index (χ3v) is 6.13. The summed E-state index contributed by atoms with van der Waals surface area (Å²) in [6.45, 7) is 2.76.